The van der Waals surface area contributed by atoms with Gasteiger partial charge < -0.3 is 10.6 Å². The SMILES string of the molecule is O=C(Cc1csc(NC(=O)C2CCCC2)n1)NCCc1ccccc1. The van der Waals surface area contributed by atoms with Crippen LogP contribution in [0.25, 0.3) is 0 Å². The molecule has 1 saturated carbocycles. The molecule has 132 valence electrons. The molecule has 0 atom stereocenters. The highest BCUT2D eigenvalue weighted by Crippen LogP contribution is 2.26. The summed E-state index contributed by atoms with van der Waals surface area (Å²) >= 11 is 1.38. The highest BCUT2D eigenvalue weighted by Gasteiger charge is 2.23. The Hall–Kier alpha value is -2.21. The molecule has 1 aliphatic rings. The molecule has 0 saturated heterocycles. The third kappa shape index (κ3) is 5.39. The highest BCUT2D eigenvalue weighted by molar-refractivity contribution is 7.13. The van der Waals surface area contributed by atoms with Gasteiger partial charge in [-0.2, -0.15) is 0 Å². The Morgan fingerprint density at radius 3 is 2.68 bits per heavy atom. The van der Waals surface area contributed by atoms with Crippen molar-refractivity contribution in [2.75, 3.05) is 11.9 Å². The molecule has 6 heteroatoms. The number of thiazole rings is 1. The van der Waals surface area contributed by atoms with Crippen molar-refractivity contribution in [2.24, 2.45) is 5.92 Å². The van der Waals surface area contributed by atoms with Gasteiger partial charge in [0, 0.05) is 17.8 Å². The van der Waals surface area contributed by atoms with Crippen molar-refractivity contribution < 1.29 is 9.59 Å². The lowest BCUT2D eigenvalue weighted by molar-refractivity contribution is -0.120. The third-order valence-electron chi connectivity index (χ3n) is 4.43. The number of nitrogens with zero attached hydrogens (tertiary/aromatic N) is 1. The second-order valence-electron chi connectivity index (χ2n) is 6.38. The molecule has 1 aromatic heterocycles. The van der Waals surface area contributed by atoms with E-state index in [0.717, 1.165) is 32.1 Å². The van der Waals surface area contributed by atoms with Gasteiger partial charge in [0.1, 0.15) is 0 Å². The average molecular weight is 357 g/mol. The second kappa shape index (κ2) is 8.76. The van der Waals surface area contributed by atoms with Gasteiger partial charge >= 0.3 is 0 Å². The first-order valence-electron chi connectivity index (χ1n) is 8.76. The highest BCUT2D eigenvalue weighted by atomic mass is 32.1. The molecule has 0 radical (unpaired) electrons. The average Bonchev–Trinajstić information content (AvgIpc) is 3.28. The first-order chi connectivity index (χ1) is 12.2. The molecular weight excluding hydrogens is 334 g/mol. The largest absolute Gasteiger partial charge is 0.355 e. The fourth-order valence-corrected chi connectivity index (χ4v) is 3.77. The van der Waals surface area contributed by atoms with Gasteiger partial charge in [-0.1, -0.05) is 43.2 Å². The molecular formula is C19H23N3O2S. The van der Waals surface area contributed by atoms with Gasteiger partial charge in [0.25, 0.3) is 0 Å². The Labute approximate surface area is 151 Å². The summed E-state index contributed by atoms with van der Waals surface area (Å²) in [6.07, 6.45) is 5.24. The molecule has 1 fully saturated rings. The number of aromatic nitrogens is 1. The Morgan fingerprint density at radius 2 is 1.92 bits per heavy atom. The van der Waals surface area contributed by atoms with Gasteiger partial charge in [-0.3, -0.25) is 9.59 Å². The summed E-state index contributed by atoms with van der Waals surface area (Å²) in [7, 11) is 0. The number of nitrogens with one attached hydrogen (secondary N) is 2. The van der Waals surface area contributed by atoms with Crippen LogP contribution in [0.5, 0.6) is 0 Å². The molecule has 2 amide bonds. The van der Waals surface area contributed by atoms with Crippen LogP contribution in [0.15, 0.2) is 35.7 Å². The van der Waals surface area contributed by atoms with Gasteiger partial charge in [0.2, 0.25) is 11.8 Å². The van der Waals surface area contributed by atoms with Crippen molar-refractivity contribution in [3.05, 3.63) is 47.0 Å². The summed E-state index contributed by atoms with van der Waals surface area (Å²) in [6.45, 7) is 0.609. The van der Waals surface area contributed by atoms with Gasteiger partial charge in [0.15, 0.2) is 5.13 Å². The van der Waals surface area contributed by atoms with Gasteiger partial charge in [-0.05, 0) is 24.8 Å². The van der Waals surface area contributed by atoms with Crippen LogP contribution in [-0.2, 0) is 22.4 Å². The summed E-state index contributed by atoms with van der Waals surface area (Å²) in [6, 6.07) is 10.1. The van der Waals surface area contributed by atoms with Crippen molar-refractivity contribution >= 4 is 28.3 Å². The van der Waals surface area contributed by atoms with Crippen molar-refractivity contribution in [1.82, 2.24) is 10.3 Å². The van der Waals surface area contributed by atoms with Crippen LogP contribution in [0.1, 0.15) is 36.9 Å². The normalized spacial score (nSPS) is 14.4. The van der Waals surface area contributed by atoms with Gasteiger partial charge in [-0.25, -0.2) is 4.98 Å². The fourth-order valence-electron chi connectivity index (χ4n) is 3.06. The molecule has 1 aromatic carbocycles. The summed E-state index contributed by atoms with van der Waals surface area (Å²) in [5.41, 5.74) is 1.90. The van der Waals surface area contributed by atoms with Crippen LogP contribution >= 0.6 is 11.3 Å². The topological polar surface area (TPSA) is 71.1 Å². The number of benzene rings is 1. The monoisotopic (exact) mass is 357 g/mol. The standard InChI is InChI=1S/C19H23N3O2S/c23-17(20-11-10-14-6-2-1-3-7-14)12-16-13-25-19(21-16)22-18(24)15-8-4-5-9-15/h1-3,6-7,13,15H,4-5,8-12H2,(H,20,23)(H,21,22,24). The lowest BCUT2D eigenvalue weighted by Gasteiger charge is -2.07. The molecule has 0 unspecified atom stereocenters. The zero-order valence-corrected chi connectivity index (χ0v) is 15.0. The predicted molar refractivity (Wildman–Crippen MR) is 99.6 cm³/mol. The van der Waals surface area contributed by atoms with Gasteiger partial charge in [-0.15, -0.1) is 11.3 Å². The van der Waals surface area contributed by atoms with E-state index in [0.29, 0.717) is 17.4 Å². The predicted octanol–water partition coefficient (Wildman–Crippen LogP) is 3.17. The minimum absolute atomic E-state index is 0.0464. The Balaban J connectivity index is 1.41. The third-order valence-corrected chi connectivity index (χ3v) is 5.23. The summed E-state index contributed by atoms with van der Waals surface area (Å²) in [5.74, 6) is 0.134. The molecule has 1 heterocycles. The van der Waals surface area contributed by atoms with E-state index in [1.807, 2.05) is 35.7 Å². The Kier molecular flexibility index (Phi) is 6.17. The molecule has 1 aliphatic carbocycles. The van der Waals surface area contributed by atoms with E-state index >= 15 is 0 Å². The minimum atomic E-state index is -0.0464. The summed E-state index contributed by atoms with van der Waals surface area (Å²) in [5, 5.41) is 8.21. The van der Waals surface area contributed by atoms with Crippen LogP contribution < -0.4 is 10.6 Å². The number of rotatable bonds is 7. The molecule has 25 heavy (non-hydrogen) atoms. The Bertz CT molecular complexity index is 708. The maximum absolute atomic E-state index is 12.1. The lowest BCUT2D eigenvalue weighted by atomic mass is 10.1. The Morgan fingerprint density at radius 1 is 1.16 bits per heavy atom. The van der Waals surface area contributed by atoms with Crippen LogP contribution in [0.4, 0.5) is 5.13 Å². The minimum Gasteiger partial charge on any atom is -0.355 e. The molecule has 2 aromatic rings. The molecule has 0 bridgehead atoms. The van der Waals surface area contributed by atoms with E-state index in [1.54, 1.807) is 0 Å². The van der Waals surface area contributed by atoms with E-state index < -0.39 is 0 Å². The quantitative estimate of drug-likeness (QED) is 0.799. The molecule has 2 N–H and O–H groups in total. The zero-order valence-electron chi connectivity index (χ0n) is 14.2. The number of carbonyl (C=O) groups is 2. The number of hydrogen-bond donors (Lipinski definition) is 2. The second-order valence-corrected chi connectivity index (χ2v) is 7.24. The number of anilines is 1. The van der Waals surface area contributed by atoms with E-state index in [4.69, 9.17) is 0 Å². The summed E-state index contributed by atoms with van der Waals surface area (Å²) in [4.78, 5) is 28.5. The van der Waals surface area contributed by atoms with Crippen LogP contribution in [0.2, 0.25) is 0 Å². The smallest absolute Gasteiger partial charge is 0.229 e. The number of hydrogen-bond acceptors (Lipinski definition) is 4. The van der Waals surface area contributed by atoms with Crippen molar-refractivity contribution in [3.63, 3.8) is 0 Å². The van der Waals surface area contributed by atoms with Crippen LogP contribution in [0.3, 0.4) is 0 Å². The fraction of sp³-hybridized carbons (Fsp3) is 0.421. The molecule has 0 spiro atoms. The van der Waals surface area contributed by atoms with Crippen molar-refractivity contribution in [2.45, 2.75) is 38.5 Å². The van der Waals surface area contributed by atoms with Gasteiger partial charge in [0.05, 0.1) is 12.1 Å². The summed E-state index contributed by atoms with van der Waals surface area (Å²) < 4.78 is 0. The van der Waals surface area contributed by atoms with Crippen LogP contribution in [0, 0.1) is 5.92 Å². The first-order valence-corrected chi connectivity index (χ1v) is 9.64. The maximum atomic E-state index is 12.1. The molecule has 3 rings (SSSR count). The molecule has 0 aliphatic heterocycles. The van der Waals surface area contributed by atoms with E-state index in [-0.39, 0.29) is 24.2 Å². The van der Waals surface area contributed by atoms with E-state index in [2.05, 4.69) is 15.6 Å². The number of carbonyl (C=O) groups excluding carboxylic acids is 2. The molecule has 5 nitrogen and oxygen atoms in total. The van der Waals surface area contributed by atoms with Crippen molar-refractivity contribution in [3.8, 4) is 0 Å². The van der Waals surface area contributed by atoms with E-state index in [9.17, 15) is 9.59 Å². The van der Waals surface area contributed by atoms with Crippen LogP contribution in [-0.4, -0.2) is 23.3 Å². The van der Waals surface area contributed by atoms with Crippen molar-refractivity contribution in [1.29, 1.82) is 0 Å². The van der Waals surface area contributed by atoms with E-state index in [1.165, 1.54) is 16.9 Å². The lowest BCUT2D eigenvalue weighted by Crippen LogP contribution is -2.27. The maximum Gasteiger partial charge on any atom is 0.229 e. The first kappa shape index (κ1) is 17.6. The number of amides is 2. The zero-order chi connectivity index (χ0) is 17.5.